The Bertz CT molecular complexity index is 877. The van der Waals surface area contributed by atoms with Gasteiger partial charge in [0.1, 0.15) is 0 Å². The average molecular weight is 639 g/mol. The summed E-state index contributed by atoms with van der Waals surface area (Å²) in [6.45, 7) is 33.3. The van der Waals surface area contributed by atoms with Gasteiger partial charge in [-0.1, -0.05) is 51.4 Å². The lowest BCUT2D eigenvalue weighted by atomic mass is 9.78. The van der Waals surface area contributed by atoms with Crippen LogP contribution >= 0.6 is 0 Å². The molecule has 3 saturated carbocycles. The van der Waals surface area contributed by atoms with Gasteiger partial charge in [-0.2, -0.15) is 0 Å². The molecule has 6 rings (SSSR count). The van der Waals surface area contributed by atoms with Crippen molar-refractivity contribution in [2.45, 2.75) is 219 Å². The van der Waals surface area contributed by atoms with Gasteiger partial charge in [-0.25, -0.2) is 6.57 Å². The minimum absolute atomic E-state index is 0.310. The Labute approximate surface area is 288 Å². The van der Waals surface area contributed by atoms with Crippen LogP contribution in [0.4, 0.5) is 0 Å². The van der Waals surface area contributed by atoms with Crippen LogP contribution < -0.4 is 0 Å². The summed E-state index contributed by atoms with van der Waals surface area (Å²) in [5.41, 5.74) is 1.51. The predicted octanol–water partition coefficient (Wildman–Crippen LogP) is 11.0. The molecule has 3 atom stereocenters. The van der Waals surface area contributed by atoms with Gasteiger partial charge in [0.25, 0.3) is 0 Å². The number of hydrogen-bond donors (Lipinski definition) is 0. The van der Waals surface area contributed by atoms with Crippen LogP contribution in [0.25, 0.3) is 4.85 Å². The highest BCUT2D eigenvalue weighted by Gasteiger charge is 2.61. The smallest absolute Gasteiger partial charge is 0.230 e. The second kappa shape index (κ2) is 16.4. The molecule has 1 unspecified atom stereocenters. The predicted molar refractivity (Wildman–Crippen MR) is 199 cm³/mol. The van der Waals surface area contributed by atoms with Crippen LogP contribution in [0, 0.1) is 23.8 Å². The summed E-state index contributed by atoms with van der Waals surface area (Å²) >= 11 is 0. The lowest BCUT2D eigenvalue weighted by Crippen LogP contribution is -2.53. The largest absolute Gasteiger partial charge is 0.313 e. The lowest BCUT2D eigenvalue weighted by molar-refractivity contribution is 0.0102. The molecule has 0 N–H and O–H groups in total. The molecule has 3 aliphatic heterocycles. The van der Waals surface area contributed by atoms with Gasteiger partial charge in [0, 0.05) is 35.1 Å². The molecular weight excluding hydrogens is 560 g/mol. The third-order valence-corrected chi connectivity index (χ3v) is 13.2. The summed E-state index contributed by atoms with van der Waals surface area (Å²) in [6, 6.07) is 2.16. The van der Waals surface area contributed by atoms with Crippen molar-refractivity contribution in [2.24, 2.45) is 17.3 Å². The number of likely N-dealkylation sites (tertiary alicyclic amines) is 3. The monoisotopic (exact) mass is 639 g/mol. The molecule has 6 fully saturated rings. The number of rotatable bonds is 2. The number of nitrogens with zero attached hydrogens (tertiary/aromatic N) is 4. The van der Waals surface area contributed by atoms with Crippen molar-refractivity contribution in [1.29, 1.82) is 0 Å². The molecule has 3 saturated heterocycles. The van der Waals surface area contributed by atoms with Crippen molar-refractivity contribution in [1.82, 2.24) is 14.7 Å². The Morgan fingerprint density at radius 1 is 0.500 bits per heavy atom. The molecule has 3 heterocycles. The fourth-order valence-electron chi connectivity index (χ4n) is 10.3. The van der Waals surface area contributed by atoms with Gasteiger partial charge in [0.05, 0.1) is 5.41 Å². The highest BCUT2D eigenvalue weighted by Crippen LogP contribution is 2.56. The van der Waals surface area contributed by atoms with E-state index in [2.05, 4.69) is 81.9 Å². The van der Waals surface area contributed by atoms with Crippen molar-refractivity contribution in [3.63, 3.8) is 0 Å². The first-order valence-corrected chi connectivity index (χ1v) is 20.3. The van der Waals surface area contributed by atoms with Crippen molar-refractivity contribution in [3.05, 3.63) is 11.4 Å². The molecule has 3 aliphatic carbocycles. The van der Waals surface area contributed by atoms with Crippen LogP contribution in [0.3, 0.4) is 0 Å². The van der Waals surface area contributed by atoms with Crippen molar-refractivity contribution >= 4 is 0 Å². The van der Waals surface area contributed by atoms with Gasteiger partial charge in [0.2, 0.25) is 6.04 Å². The molecule has 0 amide bonds. The van der Waals surface area contributed by atoms with Gasteiger partial charge < -0.3 is 4.85 Å². The minimum atomic E-state index is 0.310. The zero-order valence-electron chi connectivity index (χ0n) is 32.4. The van der Waals surface area contributed by atoms with Crippen molar-refractivity contribution in [3.8, 4) is 0 Å². The Morgan fingerprint density at radius 3 is 1.22 bits per heavy atom. The fourth-order valence-corrected chi connectivity index (χ4v) is 10.3. The highest BCUT2D eigenvalue weighted by atomic mass is 15.2. The molecule has 0 radical (unpaired) electrons. The average Bonchev–Trinajstić information content (AvgIpc) is 3.72. The summed E-state index contributed by atoms with van der Waals surface area (Å²) in [7, 11) is 0. The summed E-state index contributed by atoms with van der Waals surface area (Å²) < 4.78 is 0. The van der Waals surface area contributed by atoms with Crippen LogP contribution in [-0.2, 0) is 0 Å². The molecule has 0 aromatic carbocycles. The standard InChI is InChI=1S/2C15H29N.C12H20N2/c2*1-15(2,3)16-12-8-7-11-14(16)13-9-5-4-6-10-13;1-11(2,3)14-7-5-12(6-8-14)9-10(12)13-4/h2*13-14H,4-12H2,1-3H3;10H,5-9H2,1-3H3/t2*14-;/m10./s1. The summed E-state index contributed by atoms with van der Waals surface area (Å²) in [5, 5.41) is 0. The maximum atomic E-state index is 7.07. The van der Waals surface area contributed by atoms with Crippen LogP contribution in [0.15, 0.2) is 0 Å². The second-order valence-corrected chi connectivity index (χ2v) is 19.5. The molecule has 0 aromatic rings. The topological polar surface area (TPSA) is 14.1 Å². The second-order valence-electron chi connectivity index (χ2n) is 19.5. The summed E-state index contributed by atoms with van der Waals surface area (Å²) in [4.78, 5) is 11.9. The molecule has 4 nitrogen and oxygen atoms in total. The Hall–Kier alpha value is -0.630. The van der Waals surface area contributed by atoms with Gasteiger partial charge in [-0.3, -0.25) is 14.7 Å². The van der Waals surface area contributed by atoms with Gasteiger partial charge >= 0.3 is 0 Å². The first-order valence-electron chi connectivity index (χ1n) is 20.3. The van der Waals surface area contributed by atoms with E-state index in [1.54, 1.807) is 0 Å². The van der Waals surface area contributed by atoms with E-state index in [1.807, 2.05) is 0 Å². The Balaban J connectivity index is 0.000000157. The van der Waals surface area contributed by atoms with Crippen LogP contribution in [0.1, 0.15) is 184 Å². The van der Waals surface area contributed by atoms with Crippen molar-refractivity contribution < 1.29 is 0 Å². The highest BCUT2D eigenvalue weighted by molar-refractivity contribution is 5.15. The van der Waals surface area contributed by atoms with E-state index in [9.17, 15) is 0 Å². The van der Waals surface area contributed by atoms with Crippen LogP contribution in [0.2, 0.25) is 0 Å². The minimum Gasteiger partial charge on any atom is -0.313 e. The van der Waals surface area contributed by atoms with Gasteiger partial charge in [-0.15, -0.1) is 0 Å². The summed E-state index contributed by atoms with van der Waals surface area (Å²) in [5.74, 6) is 2.02. The molecule has 1 spiro atoms. The Morgan fingerprint density at radius 2 is 0.891 bits per heavy atom. The van der Waals surface area contributed by atoms with E-state index < -0.39 is 0 Å². The molecule has 6 aliphatic rings. The first-order chi connectivity index (χ1) is 21.7. The summed E-state index contributed by atoms with van der Waals surface area (Å²) in [6.07, 6.45) is 27.3. The van der Waals surface area contributed by atoms with Crippen LogP contribution in [0.5, 0.6) is 0 Å². The van der Waals surface area contributed by atoms with Gasteiger partial charge in [0.15, 0.2) is 0 Å². The van der Waals surface area contributed by atoms with Crippen molar-refractivity contribution in [2.75, 3.05) is 26.2 Å². The maximum absolute atomic E-state index is 7.07. The molecule has 0 aromatic heterocycles. The van der Waals surface area contributed by atoms with E-state index in [4.69, 9.17) is 6.57 Å². The first kappa shape index (κ1) is 38.2. The van der Waals surface area contributed by atoms with Gasteiger partial charge in [-0.05, 0) is 165 Å². The number of hydrogen-bond acceptors (Lipinski definition) is 3. The SMILES string of the molecule is CC(C)(C)N1CCCC[C@@H]1C1CCCCC1.CC(C)(C)N1CCCC[C@H]1C1CCCCC1.[C-]#[N+]C1CC12CCN(C(C)(C)C)CC2. The van der Waals surface area contributed by atoms with E-state index in [0.29, 0.717) is 28.1 Å². The zero-order valence-corrected chi connectivity index (χ0v) is 32.4. The van der Waals surface area contributed by atoms with E-state index >= 15 is 0 Å². The van der Waals surface area contributed by atoms with Crippen LogP contribution in [-0.4, -0.2) is 75.6 Å². The maximum Gasteiger partial charge on any atom is 0.230 e. The molecule has 266 valence electrons. The lowest BCUT2D eigenvalue weighted by Gasteiger charge is -2.48. The Kier molecular flexibility index (Phi) is 13.6. The molecule has 4 heteroatoms. The van der Waals surface area contributed by atoms with E-state index in [0.717, 1.165) is 23.9 Å². The number of piperidine rings is 3. The quantitative estimate of drug-likeness (QED) is 0.280. The molecule has 46 heavy (non-hydrogen) atoms. The fraction of sp³-hybridized carbons (Fsp3) is 0.976. The third kappa shape index (κ3) is 10.4. The third-order valence-electron chi connectivity index (χ3n) is 13.2. The molecular formula is C42H78N4. The molecule has 0 bridgehead atoms. The van der Waals surface area contributed by atoms with E-state index in [-0.39, 0.29) is 0 Å². The zero-order chi connectivity index (χ0) is 33.6. The van der Waals surface area contributed by atoms with E-state index in [1.165, 1.54) is 148 Å². The normalized spacial score (nSPS) is 30.8.